The predicted octanol–water partition coefficient (Wildman–Crippen LogP) is 2.47. The second-order valence-corrected chi connectivity index (χ2v) is 6.71. The summed E-state index contributed by atoms with van der Waals surface area (Å²) in [6.07, 6.45) is 1.20. The van der Waals surface area contributed by atoms with Gasteiger partial charge >= 0.3 is 0 Å². The Labute approximate surface area is 176 Å². The molecular formula is C18H33Cl3N4O. The highest BCUT2D eigenvalue weighted by Crippen LogP contribution is 2.12. The molecule has 1 aromatic rings. The van der Waals surface area contributed by atoms with Gasteiger partial charge in [-0.05, 0) is 31.0 Å². The number of nitrogens with one attached hydrogen (secondary N) is 1. The smallest absolute Gasteiger partial charge is 0.220 e. The van der Waals surface area contributed by atoms with Gasteiger partial charge in [-0.3, -0.25) is 4.79 Å². The first kappa shape index (κ1) is 27.5. The lowest BCUT2D eigenvalue weighted by Crippen LogP contribution is -2.46. The average Bonchev–Trinajstić information content (AvgIpc) is 2.54. The van der Waals surface area contributed by atoms with Crippen molar-refractivity contribution in [3.8, 4) is 0 Å². The maximum absolute atomic E-state index is 12.0. The molecule has 0 aliphatic carbocycles. The van der Waals surface area contributed by atoms with E-state index >= 15 is 0 Å². The second kappa shape index (κ2) is 14.4. The van der Waals surface area contributed by atoms with E-state index in [0.717, 1.165) is 50.5 Å². The zero-order valence-electron chi connectivity index (χ0n) is 15.6. The van der Waals surface area contributed by atoms with Crippen LogP contribution in [0, 0.1) is 5.92 Å². The van der Waals surface area contributed by atoms with Crippen LogP contribution < -0.4 is 11.1 Å². The molecule has 0 spiro atoms. The van der Waals surface area contributed by atoms with Crippen LogP contribution in [0.5, 0.6) is 0 Å². The molecule has 1 aromatic carbocycles. The minimum atomic E-state index is 0. The minimum absolute atomic E-state index is 0. The summed E-state index contributed by atoms with van der Waals surface area (Å²) in [4.78, 5) is 16.8. The van der Waals surface area contributed by atoms with E-state index in [-0.39, 0.29) is 43.1 Å². The largest absolute Gasteiger partial charge is 0.399 e. The number of piperazine rings is 1. The molecule has 26 heavy (non-hydrogen) atoms. The highest BCUT2D eigenvalue weighted by Gasteiger charge is 2.16. The van der Waals surface area contributed by atoms with Crippen LogP contribution >= 0.6 is 37.2 Å². The number of carbonyl (C=O) groups excluding carboxylic acids is 1. The number of anilines is 1. The lowest BCUT2D eigenvalue weighted by atomic mass is 10.1. The normalized spacial score (nSPS) is 15.8. The maximum atomic E-state index is 12.0. The number of hydrogen-bond acceptors (Lipinski definition) is 4. The van der Waals surface area contributed by atoms with Gasteiger partial charge in [0.1, 0.15) is 0 Å². The van der Waals surface area contributed by atoms with Gasteiger partial charge in [0.05, 0.1) is 0 Å². The first-order valence-corrected chi connectivity index (χ1v) is 8.55. The Morgan fingerprint density at radius 2 is 1.77 bits per heavy atom. The van der Waals surface area contributed by atoms with Crippen molar-refractivity contribution in [1.82, 2.24) is 15.1 Å². The van der Waals surface area contributed by atoms with Crippen molar-refractivity contribution in [2.75, 3.05) is 52.0 Å². The van der Waals surface area contributed by atoms with E-state index in [0.29, 0.717) is 18.8 Å². The van der Waals surface area contributed by atoms with Gasteiger partial charge in [0.2, 0.25) is 5.91 Å². The monoisotopic (exact) mass is 426 g/mol. The van der Waals surface area contributed by atoms with Crippen LogP contribution in [-0.2, 0) is 11.2 Å². The summed E-state index contributed by atoms with van der Waals surface area (Å²) in [5.41, 5.74) is 7.72. The number of aryl methyl sites for hydroxylation is 1. The summed E-state index contributed by atoms with van der Waals surface area (Å²) in [5, 5.41) is 3.05. The molecule has 1 unspecified atom stereocenters. The van der Waals surface area contributed by atoms with E-state index in [4.69, 9.17) is 5.73 Å². The van der Waals surface area contributed by atoms with Crippen molar-refractivity contribution >= 4 is 48.8 Å². The van der Waals surface area contributed by atoms with Crippen molar-refractivity contribution in [1.29, 1.82) is 0 Å². The summed E-state index contributed by atoms with van der Waals surface area (Å²) in [6.45, 7) is 8.53. The number of nitrogens with zero attached hydrogens (tertiary/aromatic N) is 2. The van der Waals surface area contributed by atoms with Crippen LogP contribution in [0.2, 0.25) is 0 Å². The molecule has 2 rings (SSSR count). The van der Waals surface area contributed by atoms with Gasteiger partial charge in [0, 0.05) is 51.4 Å². The summed E-state index contributed by atoms with van der Waals surface area (Å²) < 4.78 is 0. The van der Waals surface area contributed by atoms with Gasteiger partial charge in [-0.15, -0.1) is 37.2 Å². The fourth-order valence-electron chi connectivity index (χ4n) is 2.92. The molecule has 5 nitrogen and oxygen atoms in total. The molecule has 1 fully saturated rings. The lowest BCUT2D eigenvalue weighted by Gasteiger charge is -2.33. The third kappa shape index (κ3) is 9.83. The molecule has 1 heterocycles. The van der Waals surface area contributed by atoms with Crippen molar-refractivity contribution in [3.63, 3.8) is 0 Å². The number of rotatable bonds is 7. The number of nitrogen functional groups attached to an aromatic ring is 1. The average molecular weight is 428 g/mol. The fraction of sp³-hybridized carbons (Fsp3) is 0.611. The van der Waals surface area contributed by atoms with Crippen LogP contribution in [0.3, 0.4) is 0 Å². The predicted molar refractivity (Wildman–Crippen MR) is 117 cm³/mol. The van der Waals surface area contributed by atoms with Gasteiger partial charge in [-0.1, -0.05) is 25.1 Å². The number of likely N-dealkylation sites (N-methyl/N-ethyl adjacent to an activating group) is 1. The summed E-state index contributed by atoms with van der Waals surface area (Å²) in [5.74, 6) is 0.586. The van der Waals surface area contributed by atoms with E-state index in [9.17, 15) is 4.79 Å². The number of para-hydroxylation sites is 1. The Balaban J connectivity index is 0. The molecule has 8 heteroatoms. The van der Waals surface area contributed by atoms with Gasteiger partial charge in [-0.2, -0.15) is 0 Å². The molecular weight excluding hydrogens is 395 g/mol. The zero-order valence-corrected chi connectivity index (χ0v) is 18.1. The van der Waals surface area contributed by atoms with Crippen LogP contribution in [0.1, 0.15) is 18.9 Å². The lowest BCUT2D eigenvalue weighted by molar-refractivity contribution is -0.121. The van der Waals surface area contributed by atoms with Crippen LogP contribution in [0.4, 0.5) is 5.69 Å². The van der Waals surface area contributed by atoms with E-state index in [1.807, 2.05) is 24.3 Å². The van der Waals surface area contributed by atoms with Crippen molar-refractivity contribution in [2.24, 2.45) is 5.92 Å². The van der Waals surface area contributed by atoms with Gasteiger partial charge < -0.3 is 20.9 Å². The Morgan fingerprint density at radius 3 is 2.38 bits per heavy atom. The number of halogens is 3. The van der Waals surface area contributed by atoms with Crippen molar-refractivity contribution < 1.29 is 4.79 Å². The first-order valence-electron chi connectivity index (χ1n) is 8.55. The molecule has 0 saturated carbocycles. The molecule has 0 bridgehead atoms. The maximum Gasteiger partial charge on any atom is 0.220 e. The van der Waals surface area contributed by atoms with Crippen molar-refractivity contribution in [3.05, 3.63) is 29.8 Å². The molecule has 152 valence electrons. The molecule has 3 N–H and O–H groups in total. The summed E-state index contributed by atoms with van der Waals surface area (Å²) in [7, 11) is 2.17. The molecule has 1 atom stereocenters. The molecule has 1 aliphatic rings. The Kier molecular flexibility index (Phi) is 15.2. The third-order valence-electron chi connectivity index (χ3n) is 4.49. The number of hydrogen-bond donors (Lipinski definition) is 2. The molecule has 1 aliphatic heterocycles. The van der Waals surface area contributed by atoms with Crippen molar-refractivity contribution in [2.45, 2.75) is 19.8 Å². The number of carbonyl (C=O) groups is 1. The second-order valence-electron chi connectivity index (χ2n) is 6.71. The molecule has 1 amide bonds. The van der Waals surface area contributed by atoms with E-state index in [1.54, 1.807) is 0 Å². The van der Waals surface area contributed by atoms with Gasteiger partial charge in [-0.25, -0.2) is 0 Å². The van der Waals surface area contributed by atoms with E-state index < -0.39 is 0 Å². The Hall–Kier alpha value is -0.720. The van der Waals surface area contributed by atoms with Gasteiger partial charge in [0.25, 0.3) is 0 Å². The van der Waals surface area contributed by atoms with E-state index in [2.05, 4.69) is 29.1 Å². The number of amides is 1. The first-order chi connectivity index (χ1) is 11.0. The van der Waals surface area contributed by atoms with E-state index in [1.165, 1.54) is 0 Å². The third-order valence-corrected chi connectivity index (χ3v) is 4.49. The Bertz CT molecular complexity index is 511. The summed E-state index contributed by atoms with van der Waals surface area (Å²) in [6, 6.07) is 7.74. The van der Waals surface area contributed by atoms with Crippen LogP contribution in [-0.4, -0.2) is 62.0 Å². The quantitative estimate of drug-likeness (QED) is 0.656. The Morgan fingerprint density at radius 1 is 1.15 bits per heavy atom. The number of benzene rings is 1. The van der Waals surface area contributed by atoms with Gasteiger partial charge in [0.15, 0.2) is 0 Å². The summed E-state index contributed by atoms with van der Waals surface area (Å²) >= 11 is 0. The molecule has 0 aromatic heterocycles. The zero-order chi connectivity index (χ0) is 16.7. The minimum Gasteiger partial charge on any atom is -0.399 e. The molecule has 1 saturated heterocycles. The number of nitrogens with two attached hydrogens (primary N) is 1. The SMILES string of the molecule is CC(CNC(=O)CCc1ccccc1N)CN1CCN(C)CC1.Cl.Cl.Cl. The highest BCUT2D eigenvalue weighted by atomic mass is 35.5. The topological polar surface area (TPSA) is 61.6 Å². The van der Waals surface area contributed by atoms with Crippen LogP contribution in [0.15, 0.2) is 24.3 Å². The standard InChI is InChI=1S/C18H30N4O.3ClH/c1-15(14-22-11-9-21(2)10-12-22)13-20-18(23)8-7-16-5-3-4-6-17(16)19;;;/h3-6,15H,7-14,19H2,1-2H3,(H,20,23);3*1H. The highest BCUT2D eigenvalue weighted by molar-refractivity contribution is 5.86. The fourth-order valence-corrected chi connectivity index (χ4v) is 2.92. The van der Waals surface area contributed by atoms with Crippen LogP contribution in [0.25, 0.3) is 0 Å². The molecule has 0 radical (unpaired) electrons.